The maximum absolute atomic E-state index is 12.9. The van der Waals surface area contributed by atoms with Gasteiger partial charge in [0.1, 0.15) is 23.9 Å². The number of nitrogens with one attached hydrogen (secondary N) is 1. The molecule has 0 atom stereocenters. The number of phenols is 1. The second kappa shape index (κ2) is 9.09. The molecule has 5 nitrogen and oxygen atoms in total. The third kappa shape index (κ3) is 4.87. The smallest absolute Gasteiger partial charge is 0.271 e. The number of hydrogen-bond acceptors (Lipinski definition) is 4. The molecule has 0 radical (unpaired) electrons. The molecule has 4 aromatic rings. The molecular weight excluding hydrogens is 395 g/mol. The van der Waals surface area contributed by atoms with Crippen LogP contribution >= 0.6 is 0 Å². The third-order valence-corrected chi connectivity index (χ3v) is 4.74. The molecule has 1 amide bonds. The first-order chi connectivity index (χ1) is 15.1. The SMILES string of the molecule is O=C(N/N=C/c1c(O)ccc2ccccc12)c1ccc(OCc2ccc(F)cc2)cc1. The van der Waals surface area contributed by atoms with Crippen LogP contribution in [0.4, 0.5) is 4.39 Å². The number of halogens is 1. The Bertz CT molecular complexity index is 1240. The van der Waals surface area contributed by atoms with Crippen LogP contribution in [0.25, 0.3) is 10.8 Å². The van der Waals surface area contributed by atoms with Crippen LogP contribution < -0.4 is 10.2 Å². The minimum Gasteiger partial charge on any atom is -0.507 e. The fourth-order valence-electron chi connectivity index (χ4n) is 3.09. The van der Waals surface area contributed by atoms with E-state index in [1.807, 2.05) is 30.3 Å². The van der Waals surface area contributed by atoms with Crippen molar-refractivity contribution in [1.29, 1.82) is 0 Å². The topological polar surface area (TPSA) is 70.9 Å². The van der Waals surface area contributed by atoms with Gasteiger partial charge in [0.25, 0.3) is 5.91 Å². The maximum atomic E-state index is 12.9. The van der Waals surface area contributed by atoms with Crippen LogP contribution in [0, 0.1) is 5.82 Å². The van der Waals surface area contributed by atoms with Crippen molar-refractivity contribution in [1.82, 2.24) is 5.43 Å². The van der Waals surface area contributed by atoms with Crippen molar-refractivity contribution < 1.29 is 19.0 Å². The molecule has 0 spiro atoms. The number of carbonyl (C=O) groups excluding carboxylic acids is 1. The Hall–Kier alpha value is -4.19. The maximum Gasteiger partial charge on any atom is 0.271 e. The average Bonchev–Trinajstić information content (AvgIpc) is 2.80. The van der Waals surface area contributed by atoms with Crippen molar-refractivity contribution >= 4 is 22.9 Å². The molecule has 0 aliphatic carbocycles. The summed E-state index contributed by atoms with van der Waals surface area (Å²) in [5, 5.41) is 15.9. The van der Waals surface area contributed by atoms with Crippen LogP contribution in [0.2, 0.25) is 0 Å². The van der Waals surface area contributed by atoms with E-state index in [-0.39, 0.29) is 17.5 Å². The number of carbonyl (C=O) groups is 1. The first-order valence-electron chi connectivity index (χ1n) is 9.61. The lowest BCUT2D eigenvalue weighted by molar-refractivity contribution is 0.0955. The number of benzene rings is 4. The summed E-state index contributed by atoms with van der Waals surface area (Å²) in [5.41, 5.74) is 4.25. The molecule has 0 aliphatic heterocycles. The molecule has 0 aromatic heterocycles. The van der Waals surface area contributed by atoms with Crippen molar-refractivity contribution in [3.8, 4) is 11.5 Å². The molecule has 0 unspecified atom stereocenters. The van der Waals surface area contributed by atoms with Crippen molar-refractivity contribution in [2.24, 2.45) is 5.10 Å². The summed E-state index contributed by atoms with van der Waals surface area (Å²) < 4.78 is 18.6. The number of amides is 1. The van der Waals surface area contributed by atoms with Gasteiger partial charge in [-0.05, 0) is 58.8 Å². The fraction of sp³-hybridized carbons (Fsp3) is 0.0400. The first kappa shape index (κ1) is 20.1. The van der Waals surface area contributed by atoms with Crippen molar-refractivity contribution in [2.75, 3.05) is 0 Å². The Morgan fingerprint density at radius 2 is 1.71 bits per heavy atom. The van der Waals surface area contributed by atoms with Gasteiger partial charge in [0, 0.05) is 11.1 Å². The van der Waals surface area contributed by atoms with Crippen LogP contribution in [-0.2, 0) is 6.61 Å². The highest BCUT2D eigenvalue weighted by Gasteiger charge is 2.07. The van der Waals surface area contributed by atoms with Gasteiger partial charge >= 0.3 is 0 Å². The lowest BCUT2D eigenvalue weighted by Gasteiger charge is -2.07. The Balaban J connectivity index is 1.38. The minimum absolute atomic E-state index is 0.0827. The number of aromatic hydroxyl groups is 1. The molecule has 0 heterocycles. The molecule has 2 N–H and O–H groups in total. The predicted molar refractivity (Wildman–Crippen MR) is 118 cm³/mol. The van der Waals surface area contributed by atoms with Crippen molar-refractivity contribution in [3.05, 3.63) is 107 Å². The molecule has 0 bridgehead atoms. The van der Waals surface area contributed by atoms with E-state index in [1.165, 1.54) is 18.3 Å². The van der Waals surface area contributed by atoms with Crippen LogP contribution in [0.5, 0.6) is 11.5 Å². The zero-order chi connectivity index (χ0) is 21.6. The zero-order valence-corrected chi connectivity index (χ0v) is 16.5. The Morgan fingerprint density at radius 1 is 0.968 bits per heavy atom. The Morgan fingerprint density at radius 3 is 2.48 bits per heavy atom. The minimum atomic E-state index is -0.388. The monoisotopic (exact) mass is 414 g/mol. The predicted octanol–water partition coefficient (Wildman–Crippen LogP) is 5.03. The summed E-state index contributed by atoms with van der Waals surface area (Å²) in [4.78, 5) is 12.3. The molecule has 31 heavy (non-hydrogen) atoms. The van der Waals surface area contributed by atoms with E-state index in [0.29, 0.717) is 23.5 Å². The summed E-state index contributed by atoms with van der Waals surface area (Å²) in [7, 11) is 0. The van der Waals surface area contributed by atoms with Gasteiger partial charge < -0.3 is 9.84 Å². The highest BCUT2D eigenvalue weighted by molar-refractivity contribution is 6.03. The van der Waals surface area contributed by atoms with Crippen molar-refractivity contribution in [3.63, 3.8) is 0 Å². The number of rotatable bonds is 6. The standard InChI is InChI=1S/C25H19FN2O3/c26-20-10-5-17(6-11-20)16-31-21-12-7-19(8-13-21)25(30)28-27-15-23-22-4-2-1-3-18(22)9-14-24(23)29/h1-15,29H,16H2,(H,28,30)/b27-15+. The highest BCUT2D eigenvalue weighted by atomic mass is 19.1. The van der Waals surface area contributed by atoms with Gasteiger partial charge in [0.2, 0.25) is 0 Å². The second-order valence-corrected chi connectivity index (χ2v) is 6.86. The molecule has 4 aromatic carbocycles. The van der Waals surface area contributed by atoms with Gasteiger partial charge in [0.15, 0.2) is 0 Å². The number of nitrogens with zero attached hydrogens (tertiary/aromatic N) is 1. The zero-order valence-electron chi connectivity index (χ0n) is 16.5. The van der Waals surface area contributed by atoms with E-state index < -0.39 is 0 Å². The molecule has 154 valence electrons. The third-order valence-electron chi connectivity index (χ3n) is 4.74. The van der Waals surface area contributed by atoms with E-state index in [2.05, 4.69) is 10.5 Å². The molecular formula is C25H19FN2O3. The largest absolute Gasteiger partial charge is 0.507 e. The van der Waals surface area contributed by atoms with Gasteiger partial charge in [-0.25, -0.2) is 9.82 Å². The average molecular weight is 414 g/mol. The second-order valence-electron chi connectivity index (χ2n) is 6.86. The van der Waals surface area contributed by atoms with Gasteiger partial charge in [-0.15, -0.1) is 0 Å². The van der Waals surface area contributed by atoms with Crippen LogP contribution in [-0.4, -0.2) is 17.2 Å². The molecule has 0 fully saturated rings. The van der Waals surface area contributed by atoms with Gasteiger partial charge in [0.05, 0.1) is 6.21 Å². The Labute approximate surface area is 178 Å². The summed E-state index contributed by atoms with van der Waals surface area (Å²) in [6.07, 6.45) is 1.43. The normalized spacial score (nSPS) is 11.0. The first-order valence-corrected chi connectivity index (χ1v) is 9.61. The molecule has 0 saturated carbocycles. The van der Waals surface area contributed by atoms with Gasteiger partial charge in [-0.2, -0.15) is 5.10 Å². The van der Waals surface area contributed by atoms with E-state index >= 15 is 0 Å². The van der Waals surface area contributed by atoms with E-state index in [9.17, 15) is 14.3 Å². The highest BCUT2D eigenvalue weighted by Crippen LogP contribution is 2.25. The Kier molecular flexibility index (Phi) is 5.89. The van der Waals surface area contributed by atoms with E-state index in [4.69, 9.17) is 4.74 Å². The van der Waals surface area contributed by atoms with E-state index in [1.54, 1.807) is 42.5 Å². The summed E-state index contributed by atoms with van der Waals surface area (Å²) in [6, 6.07) is 23.7. The quantitative estimate of drug-likeness (QED) is 0.343. The van der Waals surface area contributed by atoms with Gasteiger partial charge in [-0.1, -0.05) is 42.5 Å². The number of phenolic OH excluding ortho intramolecular Hbond substituents is 1. The number of hydrogen-bond donors (Lipinski definition) is 2. The fourth-order valence-corrected chi connectivity index (χ4v) is 3.09. The number of ether oxygens (including phenoxy) is 1. The summed E-state index contributed by atoms with van der Waals surface area (Å²) >= 11 is 0. The van der Waals surface area contributed by atoms with E-state index in [0.717, 1.165) is 16.3 Å². The lowest BCUT2D eigenvalue weighted by Crippen LogP contribution is -2.17. The van der Waals surface area contributed by atoms with Crippen molar-refractivity contribution in [2.45, 2.75) is 6.61 Å². The number of fused-ring (bicyclic) bond motifs is 1. The molecule has 6 heteroatoms. The van der Waals surface area contributed by atoms with Crippen LogP contribution in [0.3, 0.4) is 0 Å². The van der Waals surface area contributed by atoms with Crippen LogP contribution in [0.1, 0.15) is 21.5 Å². The molecule has 0 aliphatic rings. The molecule has 4 rings (SSSR count). The summed E-state index contributed by atoms with van der Waals surface area (Å²) in [5.74, 6) is -0.0112. The van der Waals surface area contributed by atoms with Crippen LogP contribution in [0.15, 0.2) is 90.0 Å². The van der Waals surface area contributed by atoms with Gasteiger partial charge in [-0.3, -0.25) is 4.79 Å². The lowest BCUT2D eigenvalue weighted by atomic mass is 10.0. The summed E-state index contributed by atoms with van der Waals surface area (Å²) in [6.45, 7) is 0.296. The molecule has 0 saturated heterocycles. The number of hydrazone groups is 1.